The lowest BCUT2D eigenvalue weighted by Crippen LogP contribution is -2.32. The molecule has 2 nitrogen and oxygen atoms in total. The fraction of sp³-hybridized carbons (Fsp3) is 0.615. The van der Waals surface area contributed by atoms with Crippen molar-refractivity contribution in [3.63, 3.8) is 0 Å². The average molecular weight is 204 g/mol. The minimum Gasteiger partial charge on any atom is -0.313 e. The molecule has 1 aliphatic carbocycles. The first kappa shape index (κ1) is 10.6. The van der Waals surface area contributed by atoms with Crippen molar-refractivity contribution >= 4 is 0 Å². The maximum absolute atomic E-state index is 4.32. The van der Waals surface area contributed by atoms with Gasteiger partial charge in [0.1, 0.15) is 0 Å². The number of rotatable bonds is 4. The van der Waals surface area contributed by atoms with Crippen LogP contribution >= 0.6 is 0 Å². The Morgan fingerprint density at radius 1 is 1.40 bits per heavy atom. The van der Waals surface area contributed by atoms with Crippen molar-refractivity contribution in [3.8, 4) is 0 Å². The van der Waals surface area contributed by atoms with Crippen molar-refractivity contribution < 1.29 is 0 Å². The molecular weight excluding hydrogens is 184 g/mol. The molecule has 0 aliphatic heterocycles. The van der Waals surface area contributed by atoms with Gasteiger partial charge >= 0.3 is 0 Å². The summed E-state index contributed by atoms with van der Waals surface area (Å²) in [6.07, 6.45) is 7.05. The molecule has 0 saturated heterocycles. The summed E-state index contributed by atoms with van der Waals surface area (Å²) in [6.45, 7) is 3.41. The SMILES string of the molecule is CC1CCCC1NCCc1ccccn1. The molecule has 0 aromatic carbocycles. The largest absolute Gasteiger partial charge is 0.313 e. The van der Waals surface area contributed by atoms with E-state index in [1.54, 1.807) is 0 Å². The zero-order chi connectivity index (χ0) is 10.5. The van der Waals surface area contributed by atoms with Crippen LogP contribution in [0.15, 0.2) is 24.4 Å². The van der Waals surface area contributed by atoms with Crippen LogP contribution in [0.2, 0.25) is 0 Å². The van der Waals surface area contributed by atoms with Crippen molar-refractivity contribution in [2.75, 3.05) is 6.54 Å². The van der Waals surface area contributed by atoms with Gasteiger partial charge in [-0.25, -0.2) is 0 Å². The maximum atomic E-state index is 4.32. The van der Waals surface area contributed by atoms with E-state index < -0.39 is 0 Å². The lowest BCUT2D eigenvalue weighted by molar-refractivity contribution is 0.429. The summed E-state index contributed by atoms with van der Waals surface area (Å²) in [5.41, 5.74) is 1.19. The average Bonchev–Trinajstić information content (AvgIpc) is 2.66. The van der Waals surface area contributed by atoms with E-state index in [9.17, 15) is 0 Å². The van der Waals surface area contributed by atoms with E-state index in [1.807, 2.05) is 12.3 Å². The van der Waals surface area contributed by atoms with Crippen molar-refractivity contribution in [2.24, 2.45) is 5.92 Å². The zero-order valence-corrected chi connectivity index (χ0v) is 9.45. The first-order valence-corrected chi connectivity index (χ1v) is 5.99. The van der Waals surface area contributed by atoms with Crippen LogP contribution in [0.4, 0.5) is 0 Å². The fourth-order valence-electron chi connectivity index (χ4n) is 2.38. The molecule has 0 radical (unpaired) electrons. The summed E-state index contributed by atoms with van der Waals surface area (Å²) in [6, 6.07) is 6.87. The molecule has 1 fully saturated rings. The van der Waals surface area contributed by atoms with Crippen LogP contribution in [-0.2, 0) is 6.42 Å². The molecule has 1 saturated carbocycles. The van der Waals surface area contributed by atoms with Gasteiger partial charge in [-0.3, -0.25) is 4.98 Å². The first-order chi connectivity index (χ1) is 7.36. The van der Waals surface area contributed by atoms with E-state index in [-0.39, 0.29) is 0 Å². The number of nitrogens with zero attached hydrogens (tertiary/aromatic N) is 1. The molecule has 82 valence electrons. The number of nitrogens with one attached hydrogen (secondary N) is 1. The molecule has 2 unspecified atom stereocenters. The summed E-state index contributed by atoms with van der Waals surface area (Å²) < 4.78 is 0. The number of hydrogen-bond donors (Lipinski definition) is 1. The second kappa shape index (κ2) is 5.26. The van der Waals surface area contributed by atoms with Crippen LogP contribution in [0.5, 0.6) is 0 Å². The van der Waals surface area contributed by atoms with Gasteiger partial charge in [-0.05, 0) is 30.9 Å². The Bertz CT molecular complexity index is 284. The third-order valence-corrected chi connectivity index (χ3v) is 3.38. The van der Waals surface area contributed by atoms with E-state index in [1.165, 1.54) is 25.0 Å². The van der Waals surface area contributed by atoms with Crippen LogP contribution in [0.1, 0.15) is 31.9 Å². The molecule has 1 N–H and O–H groups in total. The van der Waals surface area contributed by atoms with E-state index in [4.69, 9.17) is 0 Å². The predicted molar refractivity (Wildman–Crippen MR) is 62.7 cm³/mol. The molecule has 0 bridgehead atoms. The monoisotopic (exact) mass is 204 g/mol. The molecular formula is C13H20N2. The fourth-order valence-corrected chi connectivity index (χ4v) is 2.38. The Labute approximate surface area is 92.1 Å². The third kappa shape index (κ3) is 3.03. The molecule has 0 spiro atoms. The van der Waals surface area contributed by atoms with Crippen molar-refractivity contribution in [1.82, 2.24) is 10.3 Å². The standard InChI is InChI=1S/C13H20N2/c1-11-5-4-7-13(11)15-10-8-12-6-2-3-9-14-12/h2-3,6,9,11,13,15H,4-5,7-8,10H2,1H3. The predicted octanol–water partition coefficient (Wildman–Crippen LogP) is 2.40. The second-order valence-corrected chi connectivity index (χ2v) is 4.54. The Hall–Kier alpha value is -0.890. The molecule has 2 heteroatoms. The number of pyridine rings is 1. The minimum absolute atomic E-state index is 0.744. The summed E-state index contributed by atoms with van der Waals surface area (Å²) in [7, 11) is 0. The molecule has 1 aromatic rings. The van der Waals surface area contributed by atoms with Crippen LogP contribution in [0.25, 0.3) is 0 Å². The Balaban J connectivity index is 1.71. The molecule has 1 aromatic heterocycles. The van der Waals surface area contributed by atoms with Crippen molar-refractivity contribution in [3.05, 3.63) is 30.1 Å². The van der Waals surface area contributed by atoms with Crippen molar-refractivity contribution in [2.45, 2.75) is 38.6 Å². The van der Waals surface area contributed by atoms with Crippen LogP contribution in [0, 0.1) is 5.92 Å². The van der Waals surface area contributed by atoms with Crippen LogP contribution in [0.3, 0.4) is 0 Å². The van der Waals surface area contributed by atoms with E-state index in [0.717, 1.165) is 24.9 Å². The van der Waals surface area contributed by atoms with Gasteiger partial charge in [0, 0.05) is 30.9 Å². The molecule has 2 atom stereocenters. The highest BCUT2D eigenvalue weighted by Crippen LogP contribution is 2.24. The third-order valence-electron chi connectivity index (χ3n) is 3.38. The minimum atomic E-state index is 0.744. The maximum Gasteiger partial charge on any atom is 0.0416 e. The zero-order valence-electron chi connectivity index (χ0n) is 9.45. The topological polar surface area (TPSA) is 24.9 Å². The summed E-state index contributed by atoms with van der Waals surface area (Å²) in [4.78, 5) is 4.32. The van der Waals surface area contributed by atoms with Crippen LogP contribution in [-0.4, -0.2) is 17.6 Å². The lowest BCUT2D eigenvalue weighted by Gasteiger charge is -2.16. The molecule has 0 amide bonds. The van der Waals surface area contributed by atoms with Gasteiger partial charge in [-0.2, -0.15) is 0 Å². The molecule has 2 rings (SSSR count). The normalized spacial score (nSPS) is 25.7. The van der Waals surface area contributed by atoms with Gasteiger partial charge in [0.15, 0.2) is 0 Å². The van der Waals surface area contributed by atoms with Gasteiger partial charge in [0.25, 0.3) is 0 Å². The van der Waals surface area contributed by atoms with Crippen molar-refractivity contribution in [1.29, 1.82) is 0 Å². The summed E-state index contributed by atoms with van der Waals surface area (Å²) >= 11 is 0. The van der Waals surface area contributed by atoms with Gasteiger partial charge in [-0.15, -0.1) is 0 Å². The molecule has 15 heavy (non-hydrogen) atoms. The van der Waals surface area contributed by atoms with Gasteiger partial charge < -0.3 is 5.32 Å². The van der Waals surface area contributed by atoms with Gasteiger partial charge in [-0.1, -0.05) is 19.4 Å². The quantitative estimate of drug-likeness (QED) is 0.814. The lowest BCUT2D eigenvalue weighted by atomic mass is 10.1. The molecule has 1 heterocycles. The Morgan fingerprint density at radius 2 is 2.33 bits per heavy atom. The highest BCUT2D eigenvalue weighted by molar-refractivity contribution is 5.03. The summed E-state index contributed by atoms with van der Waals surface area (Å²) in [5.74, 6) is 0.855. The number of hydrogen-bond acceptors (Lipinski definition) is 2. The highest BCUT2D eigenvalue weighted by Gasteiger charge is 2.21. The second-order valence-electron chi connectivity index (χ2n) is 4.54. The van der Waals surface area contributed by atoms with Gasteiger partial charge in [0.2, 0.25) is 0 Å². The van der Waals surface area contributed by atoms with E-state index in [2.05, 4.69) is 29.4 Å². The van der Waals surface area contributed by atoms with E-state index >= 15 is 0 Å². The Kier molecular flexibility index (Phi) is 3.73. The number of aromatic nitrogens is 1. The van der Waals surface area contributed by atoms with E-state index in [0.29, 0.717) is 0 Å². The van der Waals surface area contributed by atoms with Gasteiger partial charge in [0.05, 0.1) is 0 Å². The Morgan fingerprint density at radius 3 is 3.00 bits per heavy atom. The first-order valence-electron chi connectivity index (χ1n) is 5.99. The summed E-state index contributed by atoms with van der Waals surface area (Å²) in [5, 5.41) is 3.64. The smallest absolute Gasteiger partial charge is 0.0416 e. The molecule has 1 aliphatic rings. The van der Waals surface area contributed by atoms with Crippen LogP contribution < -0.4 is 5.32 Å². The highest BCUT2D eigenvalue weighted by atomic mass is 14.9.